The summed E-state index contributed by atoms with van der Waals surface area (Å²) >= 11 is 0. The van der Waals surface area contributed by atoms with Crippen LogP contribution in [0.5, 0.6) is 5.75 Å². The van der Waals surface area contributed by atoms with Gasteiger partial charge in [0.1, 0.15) is 6.10 Å². The minimum atomic E-state index is -1.08. The number of ether oxygens (including phenoxy) is 2. The zero-order valence-corrected chi connectivity index (χ0v) is 23.4. The summed E-state index contributed by atoms with van der Waals surface area (Å²) < 4.78 is 40.8. The third kappa shape index (κ3) is 6.37. The Morgan fingerprint density at radius 3 is 2.54 bits per heavy atom. The third-order valence-corrected chi connectivity index (χ3v) is 6.59. The molecule has 1 unspecified atom stereocenters. The van der Waals surface area contributed by atoms with Gasteiger partial charge in [-0.25, -0.2) is 19.2 Å². The molecule has 0 aliphatic carbocycles. The zero-order chi connectivity index (χ0) is 29.9. The number of amides is 2. The van der Waals surface area contributed by atoms with Gasteiger partial charge in [-0.05, 0) is 47.7 Å². The van der Waals surface area contributed by atoms with Gasteiger partial charge >= 0.3 is 6.09 Å². The van der Waals surface area contributed by atoms with E-state index in [4.69, 9.17) is 15.2 Å². The van der Waals surface area contributed by atoms with Crippen LogP contribution in [0.15, 0.2) is 48.9 Å². The Kier molecular flexibility index (Phi) is 8.41. The van der Waals surface area contributed by atoms with Crippen molar-refractivity contribution in [3.63, 3.8) is 0 Å². The number of hydrogen-bond donors (Lipinski definition) is 3. The van der Waals surface area contributed by atoms with E-state index >= 15 is 0 Å². The van der Waals surface area contributed by atoms with E-state index in [1.807, 2.05) is 33.8 Å². The van der Waals surface area contributed by atoms with Gasteiger partial charge < -0.3 is 25.8 Å². The van der Waals surface area contributed by atoms with Crippen molar-refractivity contribution >= 4 is 34.8 Å². The highest BCUT2D eigenvalue weighted by Gasteiger charge is 2.30. The topological polar surface area (TPSA) is 133 Å². The fourth-order valence-corrected chi connectivity index (χ4v) is 4.35. The molecule has 0 aliphatic rings. The largest absolute Gasteiger partial charge is 0.494 e. The van der Waals surface area contributed by atoms with E-state index in [0.29, 0.717) is 35.0 Å². The number of primary amides is 1. The number of carbonyl (C=O) groups is 2. The van der Waals surface area contributed by atoms with Crippen LogP contribution in [0.2, 0.25) is 0 Å². The second-order valence-electron chi connectivity index (χ2n) is 10.5. The van der Waals surface area contributed by atoms with Crippen LogP contribution in [0.1, 0.15) is 39.7 Å². The lowest BCUT2D eigenvalue weighted by Gasteiger charge is -2.29. The first-order valence-electron chi connectivity index (χ1n) is 12.9. The maximum absolute atomic E-state index is 14.8. The van der Waals surface area contributed by atoms with Crippen molar-refractivity contribution in [3.8, 4) is 17.0 Å². The first kappa shape index (κ1) is 29.2. The van der Waals surface area contributed by atoms with Crippen molar-refractivity contribution in [1.29, 1.82) is 0 Å². The van der Waals surface area contributed by atoms with Crippen LogP contribution < -0.4 is 21.1 Å². The van der Waals surface area contributed by atoms with Gasteiger partial charge in [-0.1, -0.05) is 27.7 Å². The highest BCUT2D eigenvalue weighted by Crippen LogP contribution is 2.32. The molecule has 10 nitrogen and oxygen atoms in total. The first-order valence-corrected chi connectivity index (χ1v) is 12.9. The average molecular weight is 567 g/mol. The lowest BCUT2D eigenvalue weighted by Crippen LogP contribution is -2.36. The van der Waals surface area contributed by atoms with Crippen molar-refractivity contribution in [2.45, 2.75) is 46.6 Å². The number of rotatable bonds is 9. The Labute approximate surface area is 235 Å². The molecule has 0 fully saturated rings. The Hall–Kier alpha value is -4.74. The predicted octanol–water partition coefficient (Wildman–Crippen LogP) is 5.83. The summed E-state index contributed by atoms with van der Waals surface area (Å²) in [5, 5.41) is 6.11. The van der Waals surface area contributed by atoms with Crippen molar-refractivity contribution in [2.75, 3.05) is 17.7 Å². The molecule has 2 aromatic carbocycles. The van der Waals surface area contributed by atoms with Crippen molar-refractivity contribution < 1.29 is 27.8 Å². The van der Waals surface area contributed by atoms with Crippen molar-refractivity contribution in [2.24, 2.45) is 11.1 Å². The Morgan fingerprint density at radius 2 is 1.88 bits per heavy atom. The Balaban J connectivity index is 1.57. The molecule has 41 heavy (non-hydrogen) atoms. The van der Waals surface area contributed by atoms with Crippen LogP contribution in [0.25, 0.3) is 16.9 Å². The molecule has 216 valence electrons. The standard InChI is InChI=1S/C29H32F2N6O4/c1-6-16-13-17(7-9-19(16)36-23(38)14-22(29(2,3)4)41-28(32)39)35-26-27-34-15-20(37(27)12-11-33-26)18-8-10-21(40-5)25(31)24(18)30/h7-13,15,22H,6,14H2,1-5H3,(H2,32,39)(H,33,35)(H,36,38). The number of methoxy groups -OCH3 is 1. The molecule has 0 spiro atoms. The van der Waals surface area contributed by atoms with Crippen LogP contribution in [-0.2, 0) is 16.0 Å². The van der Waals surface area contributed by atoms with Crippen LogP contribution in [-0.4, -0.2) is 39.6 Å². The van der Waals surface area contributed by atoms with Gasteiger partial charge in [0, 0.05) is 29.3 Å². The summed E-state index contributed by atoms with van der Waals surface area (Å²) in [7, 11) is 1.27. The van der Waals surface area contributed by atoms with Gasteiger partial charge in [0.15, 0.2) is 23.0 Å². The molecule has 0 aliphatic heterocycles. The van der Waals surface area contributed by atoms with E-state index in [1.165, 1.54) is 31.6 Å². The summed E-state index contributed by atoms with van der Waals surface area (Å²) in [6.45, 7) is 7.52. The Morgan fingerprint density at radius 1 is 1.12 bits per heavy atom. The van der Waals surface area contributed by atoms with Gasteiger partial charge in [0.25, 0.3) is 0 Å². The number of imidazole rings is 1. The number of anilines is 3. The van der Waals surface area contributed by atoms with Gasteiger partial charge in [0.05, 0.1) is 25.4 Å². The van der Waals surface area contributed by atoms with E-state index in [9.17, 15) is 18.4 Å². The van der Waals surface area contributed by atoms with Crippen LogP contribution in [0.3, 0.4) is 0 Å². The predicted molar refractivity (Wildman–Crippen MR) is 151 cm³/mol. The summed E-state index contributed by atoms with van der Waals surface area (Å²) in [5.74, 6) is -2.24. The van der Waals surface area contributed by atoms with E-state index in [1.54, 1.807) is 22.7 Å². The molecule has 2 aromatic heterocycles. The number of hydrogen-bond acceptors (Lipinski definition) is 7. The number of nitrogens with two attached hydrogens (primary N) is 1. The number of carbonyl (C=O) groups excluding carboxylic acids is 2. The van der Waals surface area contributed by atoms with Crippen LogP contribution >= 0.6 is 0 Å². The van der Waals surface area contributed by atoms with E-state index < -0.39 is 29.2 Å². The maximum atomic E-state index is 14.8. The number of aryl methyl sites for hydroxylation is 1. The first-order chi connectivity index (χ1) is 19.4. The lowest BCUT2D eigenvalue weighted by molar-refractivity contribution is -0.119. The summed E-state index contributed by atoms with van der Waals surface area (Å²) in [5.41, 5.74) is 7.60. The fourth-order valence-electron chi connectivity index (χ4n) is 4.35. The second kappa shape index (κ2) is 11.8. The van der Waals surface area contributed by atoms with E-state index in [2.05, 4.69) is 20.6 Å². The quantitative estimate of drug-likeness (QED) is 0.232. The number of fused-ring (bicyclic) bond motifs is 1. The number of nitrogens with zero attached hydrogens (tertiary/aromatic N) is 3. The molecule has 4 aromatic rings. The number of aromatic nitrogens is 3. The van der Waals surface area contributed by atoms with E-state index in [-0.39, 0.29) is 23.6 Å². The summed E-state index contributed by atoms with van der Waals surface area (Å²) in [6, 6.07) is 8.17. The van der Waals surface area contributed by atoms with Gasteiger partial charge in [-0.15, -0.1) is 0 Å². The van der Waals surface area contributed by atoms with Gasteiger partial charge in [-0.3, -0.25) is 9.20 Å². The van der Waals surface area contributed by atoms with Crippen molar-refractivity contribution in [1.82, 2.24) is 14.4 Å². The summed E-state index contributed by atoms with van der Waals surface area (Å²) in [4.78, 5) is 32.9. The molecule has 2 amide bonds. The number of benzene rings is 2. The summed E-state index contributed by atoms with van der Waals surface area (Å²) in [6.07, 6.45) is 3.49. The zero-order valence-electron chi connectivity index (χ0n) is 23.4. The van der Waals surface area contributed by atoms with Crippen LogP contribution in [0, 0.1) is 17.0 Å². The maximum Gasteiger partial charge on any atom is 0.404 e. The normalized spacial score (nSPS) is 12.2. The fraction of sp³-hybridized carbons (Fsp3) is 0.310. The van der Waals surface area contributed by atoms with Crippen molar-refractivity contribution in [3.05, 3.63) is 66.1 Å². The monoisotopic (exact) mass is 566 g/mol. The molecule has 1 atom stereocenters. The van der Waals surface area contributed by atoms with E-state index in [0.717, 1.165) is 5.56 Å². The highest BCUT2D eigenvalue weighted by molar-refractivity contribution is 5.92. The molecule has 0 saturated heterocycles. The molecule has 0 saturated carbocycles. The molecule has 0 bridgehead atoms. The third-order valence-electron chi connectivity index (χ3n) is 6.59. The highest BCUT2D eigenvalue weighted by atomic mass is 19.2. The molecular formula is C29H32F2N6O4. The molecular weight excluding hydrogens is 534 g/mol. The molecule has 12 heteroatoms. The minimum absolute atomic E-state index is 0.0243. The van der Waals surface area contributed by atoms with Gasteiger partial charge in [-0.2, -0.15) is 4.39 Å². The van der Waals surface area contributed by atoms with Crippen LogP contribution in [0.4, 0.5) is 30.8 Å². The number of halogens is 2. The SMILES string of the molecule is CCc1cc(Nc2nccn3c(-c4ccc(OC)c(F)c4F)cnc23)ccc1NC(=O)CC(OC(N)=O)C(C)(C)C. The molecule has 4 N–H and O–H groups in total. The smallest absolute Gasteiger partial charge is 0.404 e. The molecule has 2 heterocycles. The average Bonchev–Trinajstić information content (AvgIpc) is 3.35. The lowest BCUT2D eigenvalue weighted by atomic mass is 9.87. The second-order valence-corrected chi connectivity index (χ2v) is 10.5. The number of nitrogens with one attached hydrogen (secondary N) is 2. The minimum Gasteiger partial charge on any atom is -0.494 e. The van der Waals surface area contributed by atoms with Gasteiger partial charge in [0.2, 0.25) is 11.7 Å². The molecule has 0 radical (unpaired) electrons. The Bertz CT molecular complexity index is 1600. The molecule has 4 rings (SSSR count).